The Morgan fingerprint density at radius 1 is 1.05 bits per heavy atom. The third-order valence-corrected chi connectivity index (χ3v) is 4.18. The zero-order valence-corrected chi connectivity index (χ0v) is 13.3. The van der Waals surface area contributed by atoms with Gasteiger partial charge in [-0.05, 0) is 42.1 Å². The van der Waals surface area contributed by atoms with Gasteiger partial charge in [-0.1, -0.05) is 35.3 Å². The molecule has 0 N–H and O–H groups in total. The van der Waals surface area contributed by atoms with Crippen LogP contribution in [0.3, 0.4) is 0 Å². The topological polar surface area (TPSA) is 43.4 Å². The molecule has 0 aliphatic carbocycles. The van der Waals surface area contributed by atoms with E-state index in [1.807, 2.05) is 0 Å². The second-order valence-electron chi connectivity index (χ2n) is 4.00. The lowest BCUT2D eigenvalue weighted by Crippen LogP contribution is -2.04. The average Bonchev–Trinajstić information content (AvgIpc) is 2.46. The lowest BCUT2D eigenvalue weighted by atomic mass is 10.2. The van der Waals surface area contributed by atoms with Crippen molar-refractivity contribution in [1.29, 1.82) is 0 Å². The lowest BCUT2D eigenvalue weighted by molar-refractivity contribution is 0.0597. The summed E-state index contributed by atoms with van der Waals surface area (Å²) in [6.45, 7) is 0. The molecule has 21 heavy (non-hydrogen) atoms. The van der Waals surface area contributed by atoms with Gasteiger partial charge in [0.15, 0.2) is 0 Å². The molecule has 2 aromatic rings. The fraction of sp³-hybridized carbons (Fsp3) is 0.0667. The minimum Gasteiger partial charge on any atom is -0.465 e. The number of carbonyl (C=O) groups is 2. The molecule has 0 aliphatic heterocycles. The van der Waals surface area contributed by atoms with Crippen LogP contribution < -0.4 is 0 Å². The summed E-state index contributed by atoms with van der Waals surface area (Å²) in [7, 11) is 1.29. The van der Waals surface area contributed by atoms with E-state index in [0.29, 0.717) is 21.0 Å². The Labute approximate surface area is 136 Å². The largest absolute Gasteiger partial charge is 0.465 e. The van der Waals surface area contributed by atoms with Crippen molar-refractivity contribution in [1.82, 2.24) is 0 Å². The summed E-state index contributed by atoms with van der Waals surface area (Å²) in [6, 6.07) is 11.4. The molecule has 0 aromatic heterocycles. The molecule has 3 nitrogen and oxygen atoms in total. The molecule has 0 atom stereocenters. The molecular weight excluding hydrogens is 331 g/mol. The van der Waals surface area contributed by atoms with Gasteiger partial charge in [0.05, 0.1) is 17.7 Å². The molecule has 0 aliphatic rings. The first kappa shape index (κ1) is 15.9. The van der Waals surface area contributed by atoms with Gasteiger partial charge in [0, 0.05) is 15.5 Å². The number of hydrogen-bond acceptors (Lipinski definition) is 4. The fourth-order valence-electron chi connectivity index (χ4n) is 1.64. The SMILES string of the molecule is COC(=O)c1ccccc1SC(=O)c1ccc(Cl)cc1Cl. The van der Waals surface area contributed by atoms with Crippen molar-refractivity contribution in [3.63, 3.8) is 0 Å². The number of halogens is 2. The highest BCUT2D eigenvalue weighted by Gasteiger charge is 2.17. The maximum absolute atomic E-state index is 12.3. The van der Waals surface area contributed by atoms with E-state index in [-0.39, 0.29) is 10.1 Å². The predicted molar refractivity (Wildman–Crippen MR) is 84.4 cm³/mol. The molecule has 0 fully saturated rings. The predicted octanol–water partition coefficient (Wildman–Crippen LogP) is 4.71. The van der Waals surface area contributed by atoms with E-state index in [0.717, 1.165) is 11.8 Å². The third kappa shape index (κ3) is 3.79. The van der Waals surface area contributed by atoms with Crippen LogP contribution in [-0.2, 0) is 4.74 Å². The van der Waals surface area contributed by atoms with Crippen LogP contribution in [0, 0.1) is 0 Å². The number of ether oxygens (including phenoxy) is 1. The zero-order valence-electron chi connectivity index (χ0n) is 10.9. The molecule has 0 amide bonds. The van der Waals surface area contributed by atoms with Crippen LogP contribution >= 0.6 is 35.0 Å². The Kier molecular flexibility index (Phi) is 5.28. The van der Waals surface area contributed by atoms with Gasteiger partial charge in [-0.15, -0.1) is 0 Å². The minimum atomic E-state index is -0.492. The normalized spacial score (nSPS) is 10.2. The van der Waals surface area contributed by atoms with Crippen molar-refractivity contribution in [3.8, 4) is 0 Å². The molecular formula is C15H10Cl2O3S. The first-order valence-electron chi connectivity index (χ1n) is 5.87. The quantitative estimate of drug-likeness (QED) is 0.599. The molecule has 0 bridgehead atoms. The smallest absolute Gasteiger partial charge is 0.339 e. The fourth-order valence-corrected chi connectivity index (χ4v) is 3.09. The van der Waals surface area contributed by atoms with Crippen LogP contribution in [0.25, 0.3) is 0 Å². The molecule has 2 rings (SSSR count). The summed E-state index contributed by atoms with van der Waals surface area (Å²) in [5.74, 6) is -0.492. The highest BCUT2D eigenvalue weighted by atomic mass is 35.5. The minimum absolute atomic E-state index is 0.270. The number of thioether (sulfide) groups is 1. The van der Waals surface area contributed by atoms with E-state index in [9.17, 15) is 9.59 Å². The average molecular weight is 341 g/mol. The lowest BCUT2D eigenvalue weighted by Gasteiger charge is -2.07. The van der Waals surface area contributed by atoms with E-state index in [1.54, 1.807) is 36.4 Å². The van der Waals surface area contributed by atoms with Crippen LogP contribution in [0.1, 0.15) is 20.7 Å². The first-order valence-corrected chi connectivity index (χ1v) is 7.44. The Bertz CT molecular complexity index is 701. The second-order valence-corrected chi connectivity index (χ2v) is 5.86. The Morgan fingerprint density at radius 3 is 2.43 bits per heavy atom. The van der Waals surface area contributed by atoms with Crippen LogP contribution in [0.15, 0.2) is 47.4 Å². The Hall–Kier alpha value is -1.49. The maximum Gasteiger partial charge on any atom is 0.339 e. The molecule has 6 heteroatoms. The molecule has 0 heterocycles. The monoisotopic (exact) mass is 340 g/mol. The van der Waals surface area contributed by atoms with Gasteiger partial charge in [-0.2, -0.15) is 0 Å². The first-order chi connectivity index (χ1) is 10.0. The van der Waals surface area contributed by atoms with E-state index in [1.165, 1.54) is 13.2 Å². The van der Waals surface area contributed by atoms with Crippen LogP contribution in [0.5, 0.6) is 0 Å². The number of esters is 1. The summed E-state index contributed by atoms with van der Waals surface area (Å²) in [5.41, 5.74) is 0.675. The molecule has 0 saturated carbocycles. The van der Waals surface area contributed by atoms with E-state index in [4.69, 9.17) is 27.9 Å². The van der Waals surface area contributed by atoms with Crippen molar-refractivity contribution in [3.05, 3.63) is 63.6 Å². The summed E-state index contributed by atoms with van der Waals surface area (Å²) in [6.07, 6.45) is 0. The molecule has 0 spiro atoms. The van der Waals surface area contributed by atoms with Gasteiger partial charge >= 0.3 is 5.97 Å². The number of hydrogen-bond donors (Lipinski definition) is 0. The summed E-state index contributed by atoms with van der Waals surface area (Å²) < 4.78 is 4.70. The van der Waals surface area contributed by atoms with Crippen LogP contribution in [0.2, 0.25) is 10.0 Å². The molecule has 0 radical (unpaired) electrons. The van der Waals surface area contributed by atoms with Gasteiger partial charge in [-0.3, -0.25) is 4.79 Å². The number of carbonyl (C=O) groups excluding carboxylic acids is 2. The van der Waals surface area contributed by atoms with E-state index in [2.05, 4.69) is 0 Å². The van der Waals surface area contributed by atoms with Gasteiger partial charge in [0.1, 0.15) is 0 Å². The van der Waals surface area contributed by atoms with Gasteiger partial charge in [0.2, 0.25) is 5.12 Å². The molecule has 2 aromatic carbocycles. The van der Waals surface area contributed by atoms with Crippen molar-refractivity contribution in [2.45, 2.75) is 4.90 Å². The van der Waals surface area contributed by atoms with Crippen molar-refractivity contribution in [2.75, 3.05) is 7.11 Å². The standard InChI is InChI=1S/C15H10Cl2O3S/c1-20-14(18)11-4-2-3-5-13(11)21-15(19)10-7-6-9(16)8-12(10)17/h2-8H,1H3. The van der Waals surface area contributed by atoms with Crippen molar-refractivity contribution in [2.24, 2.45) is 0 Å². The molecule has 0 unspecified atom stereocenters. The van der Waals surface area contributed by atoms with Gasteiger partial charge in [0.25, 0.3) is 0 Å². The highest BCUT2D eigenvalue weighted by molar-refractivity contribution is 8.14. The number of benzene rings is 2. The van der Waals surface area contributed by atoms with E-state index >= 15 is 0 Å². The van der Waals surface area contributed by atoms with Crippen molar-refractivity contribution < 1.29 is 14.3 Å². The van der Waals surface area contributed by atoms with Gasteiger partial charge in [-0.25, -0.2) is 4.79 Å². The van der Waals surface area contributed by atoms with Crippen LogP contribution in [-0.4, -0.2) is 18.2 Å². The Balaban J connectivity index is 2.30. The zero-order chi connectivity index (χ0) is 15.4. The molecule has 0 saturated heterocycles. The second kappa shape index (κ2) is 6.98. The Morgan fingerprint density at radius 2 is 1.76 bits per heavy atom. The summed E-state index contributed by atoms with van der Waals surface area (Å²) >= 11 is 12.7. The number of methoxy groups -OCH3 is 1. The summed E-state index contributed by atoms with van der Waals surface area (Å²) in [5, 5.41) is 0.458. The van der Waals surface area contributed by atoms with E-state index < -0.39 is 5.97 Å². The van der Waals surface area contributed by atoms with Crippen LogP contribution in [0.4, 0.5) is 0 Å². The molecule has 108 valence electrons. The van der Waals surface area contributed by atoms with Crippen molar-refractivity contribution >= 4 is 46.0 Å². The number of rotatable bonds is 3. The highest BCUT2D eigenvalue weighted by Crippen LogP contribution is 2.30. The maximum atomic E-state index is 12.3. The van der Waals surface area contributed by atoms with Gasteiger partial charge < -0.3 is 4.74 Å². The summed E-state index contributed by atoms with van der Waals surface area (Å²) in [4.78, 5) is 24.5. The third-order valence-electron chi connectivity index (χ3n) is 2.65.